The lowest BCUT2D eigenvalue weighted by molar-refractivity contribution is -0.178. The van der Waals surface area contributed by atoms with Crippen molar-refractivity contribution in [3.63, 3.8) is 0 Å². The minimum Gasteiger partial charge on any atom is -0.469 e. The highest BCUT2D eigenvalue weighted by Gasteiger charge is 2.67. The van der Waals surface area contributed by atoms with E-state index in [-0.39, 0.29) is 23.7 Å². The number of rotatable bonds is 3. The average molecular weight is 782 g/mol. The summed E-state index contributed by atoms with van der Waals surface area (Å²) < 4.78 is 2.96. The third kappa shape index (κ3) is 4.56. The molecule has 0 aliphatic heterocycles. The van der Waals surface area contributed by atoms with Crippen molar-refractivity contribution < 1.29 is 19.1 Å². The molecule has 2 amide bonds. The average Bonchev–Trinajstić information content (AvgIpc) is 2.49. The van der Waals surface area contributed by atoms with Gasteiger partial charge in [0.15, 0.2) is 0 Å². The smallest absolute Gasteiger partial charge is 0.311 e. The Bertz CT molecular complexity index is 675. The van der Waals surface area contributed by atoms with Gasteiger partial charge < -0.3 is 15.4 Å². The van der Waals surface area contributed by atoms with Crippen LogP contribution in [0.4, 0.5) is 0 Å². The van der Waals surface area contributed by atoms with Gasteiger partial charge in [-0.25, -0.2) is 0 Å². The normalized spacial score (nSPS) is 36.8. The molecule has 4 aliphatic rings. The van der Waals surface area contributed by atoms with Crippen LogP contribution in [0.2, 0.25) is 0 Å². The molecule has 28 heavy (non-hydrogen) atoms. The van der Waals surface area contributed by atoms with Gasteiger partial charge in [0.1, 0.15) is 0 Å². The van der Waals surface area contributed by atoms with Gasteiger partial charge in [0.25, 0.3) is 11.8 Å². The lowest BCUT2D eigenvalue weighted by atomic mass is 9.44. The second-order valence-electron chi connectivity index (χ2n) is 8.25. The van der Waals surface area contributed by atoms with E-state index in [4.69, 9.17) is 4.74 Å². The summed E-state index contributed by atoms with van der Waals surface area (Å²) in [7, 11) is 1.39. The number of hydrogen-bond acceptors (Lipinski definition) is 4. The molecule has 4 fully saturated rings. The first-order chi connectivity index (χ1) is 12.6. The Morgan fingerprint density at radius 2 is 1.25 bits per heavy atom. The highest BCUT2D eigenvalue weighted by Crippen LogP contribution is 2.64. The summed E-state index contributed by atoms with van der Waals surface area (Å²) in [6.07, 6.45) is 3.79. The van der Waals surface area contributed by atoms with E-state index in [0.29, 0.717) is 25.7 Å². The van der Waals surface area contributed by atoms with Gasteiger partial charge in [-0.1, -0.05) is 0 Å². The standard InChI is InChI=1S/C16H18Br6N2O4/c1-28-11(27)12-2-8-3-13(5-12,23-9(25)15(17,18)19)7-14(4-8,6-12)24-10(26)16(20,21)22/h8H,2-7H2,1H3,(H,23,25)(H,24,26). The summed E-state index contributed by atoms with van der Waals surface area (Å²) in [5.74, 6) is -0.653. The van der Waals surface area contributed by atoms with Crippen LogP contribution in [-0.2, 0) is 19.1 Å². The molecule has 0 spiro atoms. The van der Waals surface area contributed by atoms with Crippen LogP contribution >= 0.6 is 95.6 Å². The molecular weight excluding hydrogens is 764 g/mol. The summed E-state index contributed by atoms with van der Waals surface area (Å²) in [5.41, 5.74) is -1.94. The van der Waals surface area contributed by atoms with Crippen LogP contribution in [0, 0.1) is 11.3 Å². The summed E-state index contributed by atoms with van der Waals surface area (Å²) in [6, 6.07) is 0. The largest absolute Gasteiger partial charge is 0.469 e. The minimum absolute atomic E-state index is 0.196. The van der Waals surface area contributed by atoms with Crippen molar-refractivity contribution >= 4 is 113 Å². The third-order valence-corrected chi connectivity index (χ3v) is 8.12. The number of carbonyl (C=O) groups is 3. The third-order valence-electron chi connectivity index (χ3n) is 5.96. The number of amides is 2. The first-order valence-corrected chi connectivity index (χ1v) is 13.3. The maximum absolute atomic E-state index is 12.8. The number of halogens is 6. The molecule has 6 nitrogen and oxygen atoms in total. The van der Waals surface area contributed by atoms with Crippen molar-refractivity contribution in [1.29, 1.82) is 0 Å². The molecular formula is C16H18Br6N2O4. The molecule has 0 heterocycles. The van der Waals surface area contributed by atoms with Crippen LogP contribution in [0.15, 0.2) is 0 Å². The van der Waals surface area contributed by atoms with Crippen molar-refractivity contribution in [2.24, 2.45) is 11.3 Å². The molecule has 0 radical (unpaired) electrons. The molecule has 4 bridgehead atoms. The molecule has 0 saturated heterocycles. The second-order valence-corrected chi connectivity index (χ2v) is 21.8. The van der Waals surface area contributed by atoms with E-state index in [1.54, 1.807) is 0 Å². The molecule has 158 valence electrons. The first-order valence-electron chi connectivity index (χ1n) is 8.52. The Kier molecular flexibility index (Phi) is 6.59. The predicted octanol–water partition coefficient (Wildman–Crippen LogP) is 4.53. The van der Waals surface area contributed by atoms with Gasteiger partial charge in [0.2, 0.25) is 4.29 Å². The molecule has 4 aliphatic carbocycles. The number of ether oxygens (including phenoxy) is 1. The Labute approximate surface area is 213 Å². The van der Waals surface area contributed by atoms with Crippen molar-refractivity contribution in [2.75, 3.05) is 7.11 Å². The highest BCUT2D eigenvalue weighted by molar-refractivity contribution is 9.40. The van der Waals surface area contributed by atoms with E-state index in [0.717, 1.165) is 12.8 Å². The van der Waals surface area contributed by atoms with Gasteiger partial charge >= 0.3 is 5.97 Å². The van der Waals surface area contributed by atoms with Crippen LogP contribution in [0.5, 0.6) is 0 Å². The number of alkyl halides is 6. The van der Waals surface area contributed by atoms with E-state index in [1.165, 1.54) is 7.11 Å². The molecule has 0 aromatic rings. The predicted molar refractivity (Wildman–Crippen MR) is 126 cm³/mol. The maximum atomic E-state index is 12.8. The summed E-state index contributed by atoms with van der Waals surface area (Å²) in [5, 5.41) is 6.26. The quantitative estimate of drug-likeness (QED) is 0.326. The number of carbonyl (C=O) groups excluding carboxylic acids is 3. The minimum atomic E-state index is -1.10. The lowest BCUT2D eigenvalue weighted by Crippen LogP contribution is -2.74. The Morgan fingerprint density at radius 3 is 1.61 bits per heavy atom. The fourth-order valence-corrected chi connectivity index (χ4v) is 6.38. The highest BCUT2D eigenvalue weighted by atomic mass is 80.0. The summed E-state index contributed by atoms with van der Waals surface area (Å²) >= 11 is 19.6. The molecule has 4 rings (SSSR count). The molecule has 0 aromatic carbocycles. The van der Waals surface area contributed by atoms with Crippen LogP contribution in [0.3, 0.4) is 0 Å². The van der Waals surface area contributed by atoms with Crippen LogP contribution in [0.25, 0.3) is 0 Å². The van der Waals surface area contributed by atoms with Gasteiger partial charge in [-0.05, 0) is 140 Å². The SMILES string of the molecule is COC(=O)C12CC3CC(NC(=O)C(Br)(Br)Br)(CC(NC(=O)C(Br)(Br)Br)(C3)C1)C2. The summed E-state index contributed by atoms with van der Waals surface area (Å²) in [6.45, 7) is 0. The van der Waals surface area contributed by atoms with Gasteiger partial charge in [-0.3, -0.25) is 14.4 Å². The van der Waals surface area contributed by atoms with Crippen molar-refractivity contribution in [3.8, 4) is 0 Å². The fourth-order valence-electron chi connectivity index (χ4n) is 5.78. The van der Waals surface area contributed by atoms with Crippen LogP contribution in [0.1, 0.15) is 38.5 Å². The molecule has 12 heteroatoms. The Morgan fingerprint density at radius 1 is 0.821 bits per heavy atom. The van der Waals surface area contributed by atoms with Crippen molar-refractivity contribution in [1.82, 2.24) is 10.6 Å². The Balaban J connectivity index is 1.99. The number of nitrogens with one attached hydrogen (secondary N) is 2. The van der Waals surface area contributed by atoms with Gasteiger partial charge in [-0.15, -0.1) is 0 Å². The van der Waals surface area contributed by atoms with Gasteiger partial charge in [-0.2, -0.15) is 0 Å². The van der Waals surface area contributed by atoms with E-state index in [2.05, 4.69) is 106 Å². The molecule has 2 unspecified atom stereocenters. The Hall–Kier alpha value is 1.29. The molecule has 2 N–H and O–H groups in total. The maximum Gasteiger partial charge on any atom is 0.311 e. The van der Waals surface area contributed by atoms with Gasteiger partial charge in [0, 0.05) is 11.1 Å². The monoisotopic (exact) mass is 776 g/mol. The van der Waals surface area contributed by atoms with E-state index >= 15 is 0 Å². The number of methoxy groups -OCH3 is 1. The van der Waals surface area contributed by atoms with E-state index in [1.807, 2.05) is 0 Å². The van der Waals surface area contributed by atoms with Crippen LogP contribution in [-0.4, -0.2) is 40.3 Å². The van der Waals surface area contributed by atoms with Gasteiger partial charge in [0.05, 0.1) is 12.5 Å². The van der Waals surface area contributed by atoms with E-state index < -0.39 is 20.8 Å². The number of esters is 1. The number of hydrogen-bond donors (Lipinski definition) is 2. The van der Waals surface area contributed by atoms with Crippen molar-refractivity contribution in [3.05, 3.63) is 0 Å². The topological polar surface area (TPSA) is 84.5 Å². The zero-order valence-corrected chi connectivity index (χ0v) is 24.2. The lowest BCUT2D eigenvalue weighted by Gasteiger charge is -2.65. The van der Waals surface area contributed by atoms with E-state index in [9.17, 15) is 14.4 Å². The fraction of sp³-hybridized carbons (Fsp3) is 0.812. The summed E-state index contributed by atoms with van der Waals surface area (Å²) in [4.78, 5) is 38.2. The van der Waals surface area contributed by atoms with Crippen molar-refractivity contribution in [2.45, 2.75) is 53.9 Å². The second kappa shape index (κ2) is 7.71. The molecule has 4 saturated carbocycles. The van der Waals surface area contributed by atoms with Crippen LogP contribution < -0.4 is 10.6 Å². The first kappa shape index (κ1) is 23.9. The molecule has 2 atom stereocenters. The molecule has 0 aromatic heterocycles. The zero-order valence-electron chi connectivity index (χ0n) is 14.7. The zero-order chi connectivity index (χ0) is 21.2.